The SMILES string of the molecule is CC/C=C\C/C=C\C/C=C\C/C=C\CCCCCCCCC(=O)OCC(COC(=O)CCCCCCCCCCCCCCCCCCCCCCC)OC(=O)CCCCCCCCCCCCCCCCCCCCCCC. The number of ether oxygens (including phenoxy) is 3. The molecule has 0 N–H and O–H groups in total. The minimum atomic E-state index is -0.778. The van der Waals surface area contributed by atoms with Gasteiger partial charge in [-0.2, -0.15) is 0 Å². The van der Waals surface area contributed by atoms with Crippen LogP contribution in [0, 0.1) is 0 Å². The van der Waals surface area contributed by atoms with Crippen LogP contribution in [0.5, 0.6) is 0 Å². The third-order valence-electron chi connectivity index (χ3n) is 15.8. The molecule has 0 radical (unpaired) electrons. The smallest absolute Gasteiger partial charge is 0.306 e. The van der Waals surface area contributed by atoms with E-state index in [9.17, 15) is 14.4 Å². The van der Waals surface area contributed by atoms with Crippen LogP contribution < -0.4 is 0 Å². The molecule has 0 heterocycles. The molecule has 0 aliphatic heterocycles. The van der Waals surface area contributed by atoms with Gasteiger partial charge < -0.3 is 14.2 Å². The molecule has 1 atom stereocenters. The molecule has 0 spiro atoms. The molecule has 0 bridgehead atoms. The molecule has 0 aliphatic rings. The molecule has 0 saturated heterocycles. The van der Waals surface area contributed by atoms with Crippen molar-refractivity contribution in [2.45, 2.75) is 386 Å². The number of carbonyl (C=O) groups excluding carboxylic acids is 3. The zero-order chi connectivity index (χ0) is 57.1. The molecule has 79 heavy (non-hydrogen) atoms. The van der Waals surface area contributed by atoms with Gasteiger partial charge >= 0.3 is 17.9 Å². The summed E-state index contributed by atoms with van der Waals surface area (Å²) in [6.45, 7) is 6.60. The third kappa shape index (κ3) is 66.1. The summed E-state index contributed by atoms with van der Waals surface area (Å²) >= 11 is 0. The Morgan fingerprint density at radius 3 is 0.772 bits per heavy atom. The van der Waals surface area contributed by atoms with Crippen molar-refractivity contribution in [1.29, 1.82) is 0 Å². The fourth-order valence-corrected chi connectivity index (χ4v) is 10.6. The van der Waals surface area contributed by atoms with Gasteiger partial charge in [-0.05, 0) is 57.8 Å². The van der Waals surface area contributed by atoms with Crippen LogP contribution in [0.2, 0.25) is 0 Å². The van der Waals surface area contributed by atoms with Gasteiger partial charge in [0, 0.05) is 19.3 Å². The monoisotopic (exact) mass is 1110 g/mol. The second-order valence-corrected chi connectivity index (χ2v) is 23.8. The lowest BCUT2D eigenvalue weighted by molar-refractivity contribution is -0.167. The quantitative estimate of drug-likeness (QED) is 0.0261. The molecule has 0 amide bonds. The molecule has 6 heteroatoms. The van der Waals surface area contributed by atoms with Gasteiger partial charge in [0.2, 0.25) is 0 Å². The highest BCUT2D eigenvalue weighted by Crippen LogP contribution is 2.19. The number of rotatable bonds is 65. The highest BCUT2D eigenvalue weighted by Gasteiger charge is 2.19. The van der Waals surface area contributed by atoms with Crippen LogP contribution in [0.1, 0.15) is 380 Å². The summed E-state index contributed by atoms with van der Waals surface area (Å²) in [5.74, 6) is -0.857. The second-order valence-electron chi connectivity index (χ2n) is 23.8. The fourth-order valence-electron chi connectivity index (χ4n) is 10.6. The highest BCUT2D eigenvalue weighted by molar-refractivity contribution is 5.71. The van der Waals surface area contributed by atoms with Gasteiger partial charge in [0.1, 0.15) is 13.2 Å². The number of carbonyl (C=O) groups is 3. The van der Waals surface area contributed by atoms with Crippen LogP contribution in [-0.4, -0.2) is 37.2 Å². The van der Waals surface area contributed by atoms with Gasteiger partial charge in [-0.25, -0.2) is 0 Å². The van der Waals surface area contributed by atoms with Crippen molar-refractivity contribution in [3.8, 4) is 0 Å². The van der Waals surface area contributed by atoms with Crippen molar-refractivity contribution in [3.05, 3.63) is 48.6 Å². The predicted octanol–water partition coefficient (Wildman–Crippen LogP) is 24.1. The van der Waals surface area contributed by atoms with E-state index in [1.165, 1.54) is 250 Å². The summed E-state index contributed by atoms with van der Waals surface area (Å²) in [5.41, 5.74) is 0. The molecule has 1 unspecified atom stereocenters. The summed E-state index contributed by atoms with van der Waals surface area (Å²) in [6.07, 6.45) is 85.6. The number of hydrogen-bond acceptors (Lipinski definition) is 6. The van der Waals surface area contributed by atoms with Crippen molar-refractivity contribution in [3.63, 3.8) is 0 Å². The molecular formula is C73H134O6. The summed E-state index contributed by atoms with van der Waals surface area (Å²) in [5, 5.41) is 0. The Kier molecular flexibility index (Phi) is 65.6. The first kappa shape index (κ1) is 76.4. The van der Waals surface area contributed by atoms with Gasteiger partial charge in [-0.15, -0.1) is 0 Å². The lowest BCUT2D eigenvalue weighted by Crippen LogP contribution is -2.30. The van der Waals surface area contributed by atoms with Crippen molar-refractivity contribution in [2.24, 2.45) is 0 Å². The van der Waals surface area contributed by atoms with Gasteiger partial charge in [-0.3, -0.25) is 14.4 Å². The molecule has 0 rings (SSSR count). The van der Waals surface area contributed by atoms with E-state index in [1.54, 1.807) is 0 Å². The van der Waals surface area contributed by atoms with Crippen molar-refractivity contribution >= 4 is 17.9 Å². The van der Waals surface area contributed by atoms with E-state index in [0.29, 0.717) is 19.3 Å². The molecule has 0 saturated carbocycles. The number of hydrogen-bond donors (Lipinski definition) is 0. The molecule has 0 aromatic rings. The maximum absolute atomic E-state index is 13.0. The van der Waals surface area contributed by atoms with Gasteiger partial charge in [0.05, 0.1) is 0 Å². The first-order chi connectivity index (χ1) is 39.0. The average Bonchev–Trinajstić information content (AvgIpc) is 3.45. The van der Waals surface area contributed by atoms with Gasteiger partial charge in [-0.1, -0.05) is 352 Å². The lowest BCUT2D eigenvalue weighted by atomic mass is 10.0. The van der Waals surface area contributed by atoms with Crippen LogP contribution >= 0.6 is 0 Å². The lowest BCUT2D eigenvalue weighted by Gasteiger charge is -2.18. The topological polar surface area (TPSA) is 78.9 Å². The molecule has 6 nitrogen and oxygen atoms in total. The van der Waals surface area contributed by atoms with E-state index in [0.717, 1.165) is 89.9 Å². The third-order valence-corrected chi connectivity index (χ3v) is 15.8. The van der Waals surface area contributed by atoms with E-state index in [-0.39, 0.29) is 31.1 Å². The minimum Gasteiger partial charge on any atom is -0.462 e. The van der Waals surface area contributed by atoms with Crippen molar-refractivity contribution < 1.29 is 28.6 Å². The highest BCUT2D eigenvalue weighted by atomic mass is 16.6. The number of esters is 3. The number of allylic oxidation sites excluding steroid dienone is 8. The number of unbranched alkanes of at least 4 members (excludes halogenated alkanes) is 46. The Morgan fingerprint density at radius 2 is 0.494 bits per heavy atom. The van der Waals surface area contributed by atoms with E-state index in [2.05, 4.69) is 69.4 Å². The van der Waals surface area contributed by atoms with Crippen LogP contribution in [0.4, 0.5) is 0 Å². The van der Waals surface area contributed by atoms with E-state index in [4.69, 9.17) is 14.2 Å². The zero-order valence-electron chi connectivity index (χ0n) is 53.2. The Morgan fingerprint density at radius 1 is 0.266 bits per heavy atom. The standard InChI is InChI=1S/C73H134O6/c1-4-7-10-13-16-19-22-25-28-31-34-36-39-42-45-48-51-54-57-60-63-66-72(75)78-69-70(68-77-71(74)65-62-59-56-53-50-47-44-41-38-33-30-27-24-21-18-15-12-9-6-3)79-73(76)67-64-61-58-55-52-49-46-43-40-37-35-32-29-26-23-20-17-14-11-8-5-2/h9,12,18,21,27,30,38,41,70H,4-8,10-11,13-17,19-20,22-26,28-29,31-37,39-40,42-69H2,1-3H3/b12-9-,21-18-,30-27-,41-38-. The van der Waals surface area contributed by atoms with Crippen LogP contribution in [0.3, 0.4) is 0 Å². The van der Waals surface area contributed by atoms with Gasteiger partial charge in [0.15, 0.2) is 6.10 Å². The fraction of sp³-hybridized carbons (Fsp3) is 0.849. The zero-order valence-corrected chi connectivity index (χ0v) is 53.2. The Balaban J connectivity index is 4.33. The summed E-state index contributed by atoms with van der Waals surface area (Å²) in [7, 11) is 0. The predicted molar refractivity (Wildman–Crippen MR) is 344 cm³/mol. The van der Waals surface area contributed by atoms with Crippen LogP contribution in [0.15, 0.2) is 48.6 Å². The maximum atomic E-state index is 13.0. The molecule has 0 aromatic carbocycles. The largest absolute Gasteiger partial charge is 0.462 e. The Labute approximate surface area is 492 Å². The maximum Gasteiger partial charge on any atom is 0.306 e. The second kappa shape index (κ2) is 67.9. The van der Waals surface area contributed by atoms with Crippen molar-refractivity contribution in [1.82, 2.24) is 0 Å². The molecule has 0 fully saturated rings. The first-order valence-corrected chi connectivity index (χ1v) is 35.1. The summed E-state index contributed by atoms with van der Waals surface area (Å²) < 4.78 is 17.0. The Bertz CT molecular complexity index is 1360. The van der Waals surface area contributed by atoms with E-state index >= 15 is 0 Å². The molecule has 462 valence electrons. The molecule has 0 aromatic heterocycles. The Hall–Kier alpha value is -2.63. The normalized spacial score (nSPS) is 12.3. The summed E-state index contributed by atoms with van der Waals surface area (Å²) in [6, 6.07) is 0. The van der Waals surface area contributed by atoms with Crippen LogP contribution in [0.25, 0.3) is 0 Å². The first-order valence-electron chi connectivity index (χ1n) is 35.1. The molecule has 0 aliphatic carbocycles. The molecular weight excluding hydrogens is 973 g/mol. The van der Waals surface area contributed by atoms with Crippen molar-refractivity contribution in [2.75, 3.05) is 13.2 Å². The van der Waals surface area contributed by atoms with E-state index < -0.39 is 6.10 Å². The van der Waals surface area contributed by atoms with Gasteiger partial charge in [0.25, 0.3) is 0 Å². The minimum absolute atomic E-state index is 0.0721. The summed E-state index contributed by atoms with van der Waals surface area (Å²) in [4.78, 5) is 38.5. The van der Waals surface area contributed by atoms with Crippen LogP contribution in [-0.2, 0) is 28.6 Å². The average molecular weight is 1110 g/mol. The van der Waals surface area contributed by atoms with E-state index in [1.807, 2.05) is 0 Å².